The van der Waals surface area contributed by atoms with Crippen LogP contribution in [-0.2, 0) is 28.9 Å². The number of nitrogens with zero attached hydrogens (tertiary/aromatic N) is 2. The zero-order valence-corrected chi connectivity index (χ0v) is 17.0. The van der Waals surface area contributed by atoms with Gasteiger partial charge in [-0.15, -0.1) is 0 Å². The number of benzene rings is 2. The quantitative estimate of drug-likeness (QED) is 0.581. The Morgan fingerprint density at radius 3 is 2.25 bits per heavy atom. The number of aromatic nitrogens is 2. The molecular formula is C21H26N4O2S. The van der Waals surface area contributed by atoms with Crippen molar-refractivity contribution in [2.45, 2.75) is 38.7 Å². The Hall–Kier alpha value is -2.48. The van der Waals surface area contributed by atoms with Crippen LogP contribution in [0.1, 0.15) is 30.5 Å². The Balaban J connectivity index is 1.50. The summed E-state index contributed by atoms with van der Waals surface area (Å²) in [5.41, 5.74) is 4.02. The molecule has 0 aliphatic heterocycles. The van der Waals surface area contributed by atoms with E-state index in [1.165, 1.54) is 0 Å². The zero-order valence-electron chi connectivity index (χ0n) is 16.2. The molecule has 0 atom stereocenters. The number of rotatable bonds is 9. The van der Waals surface area contributed by atoms with E-state index >= 15 is 0 Å². The third-order valence-electron chi connectivity index (χ3n) is 4.11. The van der Waals surface area contributed by atoms with Crippen LogP contribution in [0.4, 0.5) is 0 Å². The highest BCUT2D eigenvalue weighted by Gasteiger charge is 2.12. The topological polar surface area (TPSA) is 76.0 Å². The number of hydrogen-bond donors (Lipinski definition) is 2. The van der Waals surface area contributed by atoms with E-state index in [-0.39, 0.29) is 11.8 Å². The van der Waals surface area contributed by atoms with Gasteiger partial charge in [-0.3, -0.25) is 0 Å². The van der Waals surface area contributed by atoms with Gasteiger partial charge < -0.3 is 5.32 Å². The molecule has 1 heterocycles. The average Bonchev–Trinajstić information content (AvgIpc) is 3.11. The van der Waals surface area contributed by atoms with Gasteiger partial charge in [0.2, 0.25) is 10.0 Å². The van der Waals surface area contributed by atoms with Crippen molar-refractivity contribution < 1.29 is 8.42 Å². The van der Waals surface area contributed by atoms with Gasteiger partial charge in [0.1, 0.15) is 0 Å². The van der Waals surface area contributed by atoms with Gasteiger partial charge in [-0.1, -0.05) is 42.5 Å². The minimum atomic E-state index is -3.30. The Labute approximate surface area is 166 Å². The van der Waals surface area contributed by atoms with Crippen LogP contribution in [0, 0.1) is 0 Å². The van der Waals surface area contributed by atoms with E-state index in [2.05, 4.69) is 15.1 Å². The lowest BCUT2D eigenvalue weighted by molar-refractivity contribution is 0.569. The van der Waals surface area contributed by atoms with Gasteiger partial charge in [0.05, 0.1) is 17.6 Å². The number of nitrogens with one attached hydrogen (secondary N) is 2. The smallest absolute Gasteiger partial charge is 0.216 e. The molecule has 0 saturated heterocycles. The highest BCUT2D eigenvalue weighted by atomic mass is 32.2. The molecule has 1 aromatic heterocycles. The Morgan fingerprint density at radius 2 is 1.57 bits per heavy atom. The molecule has 0 aliphatic carbocycles. The van der Waals surface area contributed by atoms with Gasteiger partial charge in [-0.05, 0) is 37.1 Å². The van der Waals surface area contributed by atoms with E-state index in [1.807, 2.05) is 85.5 Å². The summed E-state index contributed by atoms with van der Waals surface area (Å²) >= 11 is 0. The van der Waals surface area contributed by atoms with Gasteiger partial charge in [-0.2, -0.15) is 5.10 Å². The van der Waals surface area contributed by atoms with Crippen molar-refractivity contribution in [2.75, 3.05) is 0 Å². The second-order valence-corrected chi connectivity index (χ2v) is 8.83. The first-order valence-corrected chi connectivity index (χ1v) is 10.9. The van der Waals surface area contributed by atoms with E-state index in [1.54, 1.807) is 0 Å². The minimum Gasteiger partial charge on any atom is -0.309 e. The zero-order chi connectivity index (χ0) is 20.0. The fourth-order valence-corrected chi connectivity index (χ4v) is 4.33. The van der Waals surface area contributed by atoms with Crippen molar-refractivity contribution in [2.24, 2.45) is 0 Å². The largest absolute Gasteiger partial charge is 0.309 e. The fraction of sp³-hybridized carbons (Fsp3) is 0.286. The maximum absolute atomic E-state index is 12.0. The van der Waals surface area contributed by atoms with Crippen LogP contribution in [-0.4, -0.2) is 24.2 Å². The standard InChI is InChI=1S/C21H26N4O2S/c1-17(2)24-28(26,27)16-19-10-8-18(9-11-19)12-22-13-20-14-23-25(15-20)21-6-4-3-5-7-21/h3-11,14-15,17,22,24H,12-13,16H2,1-2H3. The van der Waals surface area contributed by atoms with Gasteiger partial charge in [0.15, 0.2) is 0 Å². The van der Waals surface area contributed by atoms with E-state index in [9.17, 15) is 8.42 Å². The van der Waals surface area contributed by atoms with Crippen molar-refractivity contribution in [3.05, 3.63) is 83.7 Å². The molecule has 0 saturated carbocycles. The number of sulfonamides is 1. The number of hydrogen-bond acceptors (Lipinski definition) is 4. The molecule has 2 N–H and O–H groups in total. The Morgan fingerprint density at radius 1 is 0.929 bits per heavy atom. The maximum Gasteiger partial charge on any atom is 0.216 e. The van der Waals surface area contributed by atoms with Crippen molar-refractivity contribution in [3.63, 3.8) is 0 Å². The fourth-order valence-electron chi connectivity index (χ4n) is 2.90. The molecule has 148 valence electrons. The summed E-state index contributed by atoms with van der Waals surface area (Å²) in [7, 11) is -3.30. The van der Waals surface area contributed by atoms with Crippen molar-refractivity contribution in [3.8, 4) is 5.69 Å². The van der Waals surface area contributed by atoms with Crippen LogP contribution >= 0.6 is 0 Å². The van der Waals surface area contributed by atoms with Crippen LogP contribution in [0.15, 0.2) is 67.0 Å². The molecule has 0 aliphatic rings. The van der Waals surface area contributed by atoms with Crippen LogP contribution in [0.2, 0.25) is 0 Å². The maximum atomic E-state index is 12.0. The summed E-state index contributed by atoms with van der Waals surface area (Å²) in [6.07, 6.45) is 3.87. The highest BCUT2D eigenvalue weighted by molar-refractivity contribution is 7.88. The Kier molecular flexibility index (Phi) is 6.61. The highest BCUT2D eigenvalue weighted by Crippen LogP contribution is 2.10. The summed E-state index contributed by atoms with van der Waals surface area (Å²) in [6, 6.07) is 17.5. The van der Waals surface area contributed by atoms with Crippen LogP contribution in [0.3, 0.4) is 0 Å². The lowest BCUT2D eigenvalue weighted by Crippen LogP contribution is -2.31. The molecule has 0 amide bonds. The molecule has 0 fully saturated rings. The third-order valence-corrected chi connectivity index (χ3v) is 5.65. The van der Waals surface area contributed by atoms with Crippen LogP contribution < -0.4 is 10.0 Å². The molecule has 2 aromatic carbocycles. The van der Waals surface area contributed by atoms with E-state index in [0.29, 0.717) is 13.1 Å². The lowest BCUT2D eigenvalue weighted by atomic mass is 10.1. The molecule has 0 bridgehead atoms. The number of para-hydroxylation sites is 1. The van der Waals surface area contributed by atoms with Crippen LogP contribution in [0.5, 0.6) is 0 Å². The SMILES string of the molecule is CC(C)NS(=O)(=O)Cc1ccc(CNCc2cnn(-c3ccccc3)c2)cc1. The average molecular weight is 399 g/mol. The van der Waals surface area contributed by atoms with Gasteiger partial charge in [0.25, 0.3) is 0 Å². The summed E-state index contributed by atoms with van der Waals surface area (Å²) < 4.78 is 28.5. The van der Waals surface area contributed by atoms with Gasteiger partial charge in [-0.25, -0.2) is 17.8 Å². The monoisotopic (exact) mass is 398 g/mol. The molecule has 0 unspecified atom stereocenters. The lowest BCUT2D eigenvalue weighted by Gasteiger charge is -2.10. The molecule has 3 rings (SSSR count). The van der Waals surface area contributed by atoms with Crippen LogP contribution in [0.25, 0.3) is 5.69 Å². The molecule has 7 heteroatoms. The summed E-state index contributed by atoms with van der Waals surface area (Å²) in [4.78, 5) is 0. The molecule has 0 spiro atoms. The predicted octanol–water partition coefficient (Wildman–Crippen LogP) is 2.99. The first-order valence-electron chi connectivity index (χ1n) is 9.29. The molecule has 6 nitrogen and oxygen atoms in total. The summed E-state index contributed by atoms with van der Waals surface area (Å²) in [5, 5.41) is 7.78. The predicted molar refractivity (Wildman–Crippen MR) is 111 cm³/mol. The van der Waals surface area contributed by atoms with Crippen molar-refractivity contribution in [1.82, 2.24) is 19.8 Å². The second kappa shape index (κ2) is 9.14. The summed E-state index contributed by atoms with van der Waals surface area (Å²) in [5.74, 6) is -0.00242. The van der Waals surface area contributed by atoms with Gasteiger partial charge >= 0.3 is 0 Å². The normalized spacial score (nSPS) is 11.8. The van der Waals surface area contributed by atoms with Gasteiger partial charge in [0, 0.05) is 30.9 Å². The molecular weight excluding hydrogens is 372 g/mol. The minimum absolute atomic E-state index is 0.00242. The second-order valence-electron chi connectivity index (χ2n) is 7.08. The molecule has 28 heavy (non-hydrogen) atoms. The first-order chi connectivity index (χ1) is 13.4. The van der Waals surface area contributed by atoms with Crippen molar-refractivity contribution in [1.29, 1.82) is 0 Å². The third kappa shape index (κ3) is 6.02. The van der Waals surface area contributed by atoms with E-state index in [0.717, 1.165) is 22.4 Å². The Bertz CT molecular complexity index is 981. The van der Waals surface area contributed by atoms with E-state index in [4.69, 9.17) is 0 Å². The summed E-state index contributed by atoms with van der Waals surface area (Å²) in [6.45, 7) is 5.04. The molecule has 3 aromatic rings. The van der Waals surface area contributed by atoms with Crippen molar-refractivity contribution >= 4 is 10.0 Å². The molecule has 0 radical (unpaired) electrons. The van der Waals surface area contributed by atoms with E-state index < -0.39 is 10.0 Å². The first kappa shape index (κ1) is 20.3.